The summed E-state index contributed by atoms with van der Waals surface area (Å²) in [4.78, 5) is 8.01. The van der Waals surface area contributed by atoms with Gasteiger partial charge in [-0.15, -0.1) is 11.8 Å². The van der Waals surface area contributed by atoms with Crippen LogP contribution in [0.5, 0.6) is 0 Å². The maximum Gasteiger partial charge on any atom is 0.118 e. The largest absolute Gasteiger partial charge is 0.396 e. The molecule has 0 spiro atoms. The van der Waals surface area contributed by atoms with E-state index in [9.17, 15) is 5.11 Å². The lowest BCUT2D eigenvalue weighted by Gasteiger charge is -2.49. The SMILES string of the molecule is C/C=C(\C=C/CC)CCN1CCC2=C(C3CN3)/C(=C\CCC)N(c3ccccc3C)C(N3CCC(C)(CO)CC3)=C2C1.CC.CC#CC. The Hall–Kier alpha value is -3.04. The van der Waals surface area contributed by atoms with Crippen molar-refractivity contribution >= 4 is 5.69 Å². The number of fused-ring (bicyclic) bond motifs is 1. The van der Waals surface area contributed by atoms with E-state index < -0.39 is 0 Å². The summed E-state index contributed by atoms with van der Waals surface area (Å²) >= 11 is 0. The second kappa shape index (κ2) is 19.8. The van der Waals surface area contributed by atoms with Crippen molar-refractivity contribution in [3.8, 4) is 11.8 Å². The number of unbranched alkanes of at least 4 members (excludes halogenated alkanes) is 1. The van der Waals surface area contributed by atoms with Crippen LogP contribution in [0.4, 0.5) is 5.69 Å². The Morgan fingerprint density at radius 2 is 1.75 bits per heavy atom. The molecule has 0 saturated carbocycles. The number of hydrogen-bond donors (Lipinski definition) is 2. The van der Waals surface area contributed by atoms with Gasteiger partial charge in [0.15, 0.2) is 0 Å². The third kappa shape index (κ3) is 10.0. The summed E-state index contributed by atoms with van der Waals surface area (Å²) < 4.78 is 0. The van der Waals surface area contributed by atoms with Crippen LogP contribution in [0.2, 0.25) is 0 Å². The normalized spacial score (nSPS) is 21.7. The second-order valence-corrected chi connectivity index (χ2v) is 13.6. The molecule has 0 radical (unpaired) electrons. The Morgan fingerprint density at radius 3 is 2.31 bits per heavy atom. The molecule has 5 nitrogen and oxygen atoms in total. The first kappa shape index (κ1) is 39.4. The second-order valence-electron chi connectivity index (χ2n) is 13.6. The van der Waals surface area contributed by atoms with Crippen LogP contribution in [0.1, 0.15) is 106 Å². The van der Waals surface area contributed by atoms with E-state index >= 15 is 0 Å². The lowest BCUT2D eigenvalue weighted by atomic mass is 9.80. The molecular formula is C43H66N4O. The van der Waals surface area contributed by atoms with Crippen molar-refractivity contribution in [2.45, 2.75) is 113 Å². The topological polar surface area (TPSA) is 51.9 Å². The monoisotopic (exact) mass is 655 g/mol. The van der Waals surface area contributed by atoms with E-state index in [-0.39, 0.29) is 12.0 Å². The van der Waals surface area contributed by atoms with Gasteiger partial charge in [0.2, 0.25) is 0 Å². The average molecular weight is 655 g/mol. The first-order valence-electron chi connectivity index (χ1n) is 18.8. The van der Waals surface area contributed by atoms with Crippen molar-refractivity contribution < 1.29 is 5.11 Å². The highest BCUT2D eigenvalue weighted by Gasteiger charge is 2.43. The van der Waals surface area contributed by atoms with Crippen molar-refractivity contribution in [2.24, 2.45) is 5.41 Å². The Kier molecular flexibility index (Phi) is 16.3. The van der Waals surface area contributed by atoms with Crippen LogP contribution in [0, 0.1) is 24.2 Å². The maximum absolute atomic E-state index is 10.2. The molecule has 264 valence electrons. The number of para-hydroxylation sites is 1. The molecule has 0 aromatic heterocycles. The Bertz CT molecular complexity index is 1380. The molecular weight excluding hydrogens is 589 g/mol. The van der Waals surface area contributed by atoms with Crippen LogP contribution >= 0.6 is 0 Å². The molecule has 1 aromatic carbocycles. The highest BCUT2D eigenvalue weighted by atomic mass is 16.3. The number of aliphatic hydroxyl groups is 1. The highest BCUT2D eigenvalue weighted by Crippen LogP contribution is 2.47. The van der Waals surface area contributed by atoms with E-state index in [0.717, 1.165) is 84.2 Å². The molecule has 3 fully saturated rings. The van der Waals surface area contributed by atoms with Crippen LogP contribution in [0.15, 0.2) is 82.4 Å². The molecule has 4 heterocycles. The number of aryl methyl sites for hydroxylation is 1. The third-order valence-corrected chi connectivity index (χ3v) is 10.0. The number of benzene rings is 1. The Balaban J connectivity index is 0.000000970. The van der Waals surface area contributed by atoms with E-state index in [0.29, 0.717) is 6.04 Å². The number of piperidine rings is 2. The number of nitrogens with one attached hydrogen (secondary N) is 1. The van der Waals surface area contributed by atoms with Crippen molar-refractivity contribution in [3.05, 3.63) is 87.9 Å². The van der Waals surface area contributed by atoms with Crippen molar-refractivity contribution in [2.75, 3.05) is 50.8 Å². The van der Waals surface area contributed by atoms with Gasteiger partial charge in [-0.1, -0.05) is 89.1 Å². The number of hydrogen-bond acceptors (Lipinski definition) is 5. The average Bonchev–Trinajstić information content (AvgIpc) is 3.97. The minimum Gasteiger partial charge on any atom is -0.396 e. The Labute approximate surface area is 294 Å². The third-order valence-electron chi connectivity index (χ3n) is 10.0. The summed E-state index contributed by atoms with van der Waals surface area (Å²) in [5.74, 6) is 6.76. The van der Waals surface area contributed by atoms with Crippen LogP contribution in [0.25, 0.3) is 0 Å². The fraction of sp³-hybridized carbons (Fsp3) is 0.581. The molecule has 2 N–H and O–H groups in total. The van der Waals surface area contributed by atoms with Crippen LogP contribution in [-0.4, -0.2) is 66.8 Å². The lowest BCUT2D eigenvalue weighted by molar-refractivity contribution is 0.0698. The molecule has 4 aliphatic heterocycles. The highest BCUT2D eigenvalue weighted by molar-refractivity contribution is 5.73. The van der Waals surface area contributed by atoms with Gasteiger partial charge >= 0.3 is 0 Å². The van der Waals surface area contributed by atoms with E-state index in [4.69, 9.17) is 0 Å². The van der Waals surface area contributed by atoms with E-state index in [1.54, 1.807) is 11.1 Å². The predicted molar refractivity (Wildman–Crippen MR) is 208 cm³/mol. The standard InChI is InChI=1S/C37H54N4O.C4H6.C2H6/c1-6-9-14-29(8-3)17-21-39-22-18-30-31(26-39)36(40-23-19-37(5,27-42)20-24-40)41(33-16-12-11-13-28(33)4)34(15-10-7-2)35(30)32-25-38-32;1-3-4-2;1-2/h8-9,11-16,32,38,42H,6-7,10,17-27H2,1-5H3;1-2H3;1-2H3/b14-9-,29-8+,34-15+;;. The quantitative estimate of drug-likeness (QED) is 0.142. The summed E-state index contributed by atoms with van der Waals surface area (Å²) in [6.07, 6.45) is 16.9. The maximum atomic E-state index is 10.2. The fourth-order valence-corrected chi connectivity index (χ4v) is 6.86. The van der Waals surface area contributed by atoms with Gasteiger partial charge in [-0.2, -0.15) is 0 Å². The molecule has 5 heteroatoms. The zero-order valence-electron chi connectivity index (χ0n) is 31.9. The fourth-order valence-electron chi connectivity index (χ4n) is 6.86. The summed E-state index contributed by atoms with van der Waals surface area (Å²) in [5, 5.41) is 13.9. The molecule has 0 aliphatic carbocycles. The van der Waals surface area contributed by atoms with Gasteiger partial charge in [0.25, 0.3) is 0 Å². The molecule has 0 bridgehead atoms. The van der Waals surface area contributed by atoms with Crippen LogP contribution in [-0.2, 0) is 0 Å². The molecule has 1 aromatic rings. The first-order valence-corrected chi connectivity index (χ1v) is 18.8. The first-order chi connectivity index (χ1) is 23.3. The van der Waals surface area contributed by atoms with Gasteiger partial charge in [-0.3, -0.25) is 9.80 Å². The van der Waals surface area contributed by atoms with Gasteiger partial charge in [0.05, 0.1) is 5.69 Å². The Morgan fingerprint density at radius 1 is 1.06 bits per heavy atom. The smallest absolute Gasteiger partial charge is 0.118 e. The van der Waals surface area contributed by atoms with E-state index in [1.165, 1.54) is 33.9 Å². The van der Waals surface area contributed by atoms with Gasteiger partial charge in [-0.25, -0.2) is 0 Å². The molecule has 4 aliphatic rings. The van der Waals surface area contributed by atoms with E-state index in [1.807, 2.05) is 27.7 Å². The van der Waals surface area contributed by atoms with Crippen molar-refractivity contribution in [1.82, 2.24) is 15.1 Å². The van der Waals surface area contributed by atoms with E-state index in [2.05, 4.69) is 115 Å². The summed E-state index contributed by atoms with van der Waals surface area (Å²) in [5.41, 5.74) is 10.1. The molecule has 0 amide bonds. The molecule has 48 heavy (non-hydrogen) atoms. The number of allylic oxidation sites excluding steroid dienone is 4. The summed E-state index contributed by atoms with van der Waals surface area (Å²) in [6, 6.07) is 9.39. The predicted octanol–water partition coefficient (Wildman–Crippen LogP) is 9.14. The minimum atomic E-state index is 0.0139. The number of aliphatic hydroxyl groups excluding tert-OH is 1. The summed E-state index contributed by atoms with van der Waals surface area (Å²) in [6.45, 7) is 25.3. The van der Waals surface area contributed by atoms with Gasteiger partial charge in [0.1, 0.15) is 5.82 Å². The van der Waals surface area contributed by atoms with Crippen molar-refractivity contribution in [1.29, 1.82) is 0 Å². The molecule has 3 saturated heterocycles. The van der Waals surface area contributed by atoms with Gasteiger partial charge < -0.3 is 15.3 Å². The number of rotatable bonds is 11. The molecule has 1 unspecified atom stereocenters. The van der Waals surface area contributed by atoms with Gasteiger partial charge in [-0.05, 0) is 94.4 Å². The lowest BCUT2D eigenvalue weighted by Crippen LogP contribution is -2.49. The minimum absolute atomic E-state index is 0.0139. The molecule has 1 atom stereocenters. The van der Waals surface area contributed by atoms with Crippen LogP contribution in [0.3, 0.4) is 0 Å². The number of anilines is 1. The number of likely N-dealkylation sites (tertiary alicyclic amines) is 2. The molecule has 5 rings (SSSR count). The van der Waals surface area contributed by atoms with Gasteiger partial charge in [0, 0.05) is 63.2 Å². The van der Waals surface area contributed by atoms with Crippen LogP contribution < -0.4 is 10.2 Å². The zero-order chi connectivity index (χ0) is 35.1. The summed E-state index contributed by atoms with van der Waals surface area (Å²) in [7, 11) is 0. The number of nitrogens with zero attached hydrogens (tertiary/aromatic N) is 3. The van der Waals surface area contributed by atoms with Crippen molar-refractivity contribution in [3.63, 3.8) is 0 Å². The zero-order valence-corrected chi connectivity index (χ0v) is 31.9.